The molecule has 0 aliphatic carbocycles. The van der Waals surface area contributed by atoms with Gasteiger partial charge in [0.15, 0.2) is 0 Å². The average Bonchev–Trinajstić information content (AvgIpc) is 2.82. The number of carbonyl (C=O) groups excluding carboxylic acids is 1. The van der Waals surface area contributed by atoms with Crippen LogP contribution in [0.5, 0.6) is 0 Å². The summed E-state index contributed by atoms with van der Waals surface area (Å²) in [6.07, 6.45) is 2.01. The minimum absolute atomic E-state index is 0.0275. The Labute approximate surface area is 118 Å². The van der Waals surface area contributed by atoms with Crippen molar-refractivity contribution in [2.24, 2.45) is 7.05 Å². The van der Waals surface area contributed by atoms with Gasteiger partial charge in [-0.05, 0) is 31.3 Å². The lowest BCUT2D eigenvalue weighted by molar-refractivity contribution is 0.0662. The molecule has 0 radical (unpaired) electrons. The molecule has 2 aromatic rings. The van der Waals surface area contributed by atoms with E-state index in [-0.39, 0.29) is 5.91 Å². The Bertz CT molecular complexity index is 626. The summed E-state index contributed by atoms with van der Waals surface area (Å²) in [6.45, 7) is 3.71. The Kier molecular flexibility index (Phi) is 3.46. The van der Waals surface area contributed by atoms with Gasteiger partial charge in [-0.25, -0.2) is 5.01 Å². The van der Waals surface area contributed by atoms with E-state index in [4.69, 9.17) is 0 Å². The zero-order valence-electron chi connectivity index (χ0n) is 12.0. The number of hydrazine groups is 1. The normalized spacial score (nSPS) is 17.5. The molecular weight excluding hydrogens is 252 g/mol. The third kappa shape index (κ3) is 2.55. The highest BCUT2D eigenvalue weighted by Gasteiger charge is 2.16. The van der Waals surface area contributed by atoms with Crippen LogP contribution in [0, 0.1) is 0 Å². The van der Waals surface area contributed by atoms with Gasteiger partial charge in [-0.1, -0.05) is 0 Å². The van der Waals surface area contributed by atoms with Gasteiger partial charge in [0.2, 0.25) is 0 Å². The molecule has 1 amide bonds. The van der Waals surface area contributed by atoms with Crippen LogP contribution in [0.2, 0.25) is 0 Å². The van der Waals surface area contributed by atoms with Crippen molar-refractivity contribution >= 4 is 16.8 Å². The number of fused-ring (bicyclic) bond motifs is 1. The van der Waals surface area contributed by atoms with Crippen LogP contribution in [0.1, 0.15) is 10.4 Å². The number of hydrogen-bond acceptors (Lipinski definition) is 3. The third-order valence-corrected chi connectivity index (χ3v) is 3.91. The molecule has 0 unspecified atom stereocenters. The molecule has 5 nitrogen and oxygen atoms in total. The van der Waals surface area contributed by atoms with E-state index in [1.165, 1.54) is 0 Å². The Balaban J connectivity index is 1.72. The largest absolute Gasteiger partial charge is 0.351 e. The molecule has 0 spiro atoms. The van der Waals surface area contributed by atoms with Crippen LogP contribution in [0.15, 0.2) is 30.5 Å². The van der Waals surface area contributed by atoms with Gasteiger partial charge >= 0.3 is 0 Å². The highest BCUT2D eigenvalue weighted by Crippen LogP contribution is 2.16. The number of aromatic nitrogens is 1. The average molecular weight is 272 g/mol. The first-order valence-corrected chi connectivity index (χ1v) is 6.93. The fourth-order valence-electron chi connectivity index (χ4n) is 2.55. The number of likely N-dealkylation sites (N-methyl/N-ethyl adjacent to an activating group) is 1. The molecule has 1 aliphatic heterocycles. The molecule has 1 aromatic heterocycles. The van der Waals surface area contributed by atoms with Gasteiger partial charge in [0.25, 0.3) is 5.91 Å². The van der Waals surface area contributed by atoms with Gasteiger partial charge in [0.1, 0.15) is 0 Å². The highest BCUT2D eigenvalue weighted by molar-refractivity contribution is 5.97. The van der Waals surface area contributed by atoms with Crippen LogP contribution >= 0.6 is 0 Å². The standard InChI is InChI=1S/C15H20N4O/c1-17-7-9-19(10-8-17)16-15(20)13-3-4-14-12(11-13)5-6-18(14)2/h3-6,11H,7-10H2,1-2H3,(H,16,20). The molecule has 106 valence electrons. The molecule has 3 rings (SSSR count). The molecule has 20 heavy (non-hydrogen) atoms. The number of nitrogens with zero attached hydrogens (tertiary/aromatic N) is 3. The fraction of sp³-hybridized carbons (Fsp3) is 0.400. The number of aryl methyl sites for hydroxylation is 1. The molecule has 2 heterocycles. The number of hydrogen-bond donors (Lipinski definition) is 1. The summed E-state index contributed by atoms with van der Waals surface area (Å²) in [6, 6.07) is 7.85. The van der Waals surface area contributed by atoms with Gasteiger partial charge in [0, 0.05) is 55.9 Å². The smallest absolute Gasteiger partial charge is 0.265 e. The van der Waals surface area contributed by atoms with Gasteiger partial charge in [-0.2, -0.15) is 0 Å². The predicted octanol–water partition coefficient (Wildman–Crippen LogP) is 1.07. The molecule has 0 saturated carbocycles. The van der Waals surface area contributed by atoms with Crippen LogP contribution in [0.25, 0.3) is 10.9 Å². The molecule has 1 N–H and O–H groups in total. The summed E-state index contributed by atoms with van der Waals surface area (Å²) in [7, 11) is 4.11. The number of nitrogens with one attached hydrogen (secondary N) is 1. The first-order chi connectivity index (χ1) is 9.63. The second-order valence-corrected chi connectivity index (χ2v) is 5.43. The van der Waals surface area contributed by atoms with Gasteiger partial charge in [-0.3, -0.25) is 10.2 Å². The summed E-state index contributed by atoms with van der Waals surface area (Å²) in [5, 5.41) is 3.09. The Morgan fingerprint density at radius 1 is 1.10 bits per heavy atom. The van der Waals surface area contributed by atoms with E-state index in [1.807, 2.05) is 42.5 Å². The van der Waals surface area contributed by atoms with Crippen molar-refractivity contribution in [3.8, 4) is 0 Å². The van der Waals surface area contributed by atoms with Gasteiger partial charge in [0.05, 0.1) is 0 Å². The van der Waals surface area contributed by atoms with E-state index in [9.17, 15) is 4.79 Å². The third-order valence-electron chi connectivity index (χ3n) is 3.91. The van der Waals surface area contributed by atoms with E-state index < -0.39 is 0 Å². The lowest BCUT2D eigenvalue weighted by Crippen LogP contribution is -2.52. The first-order valence-electron chi connectivity index (χ1n) is 6.93. The second-order valence-electron chi connectivity index (χ2n) is 5.43. The SMILES string of the molecule is CN1CCN(NC(=O)c2ccc3c(ccn3C)c2)CC1. The van der Waals surface area contributed by atoms with Crippen molar-refractivity contribution in [2.45, 2.75) is 0 Å². The van der Waals surface area contributed by atoms with E-state index in [0.717, 1.165) is 37.1 Å². The van der Waals surface area contributed by atoms with Crippen LogP contribution < -0.4 is 5.43 Å². The van der Waals surface area contributed by atoms with E-state index >= 15 is 0 Å². The quantitative estimate of drug-likeness (QED) is 0.889. The number of carbonyl (C=O) groups is 1. The Morgan fingerprint density at radius 3 is 2.60 bits per heavy atom. The molecule has 1 aromatic carbocycles. The molecule has 5 heteroatoms. The summed E-state index contributed by atoms with van der Waals surface area (Å²) >= 11 is 0. The molecule has 0 atom stereocenters. The first kappa shape index (κ1) is 13.1. The second kappa shape index (κ2) is 5.26. The van der Waals surface area contributed by atoms with Crippen LogP contribution in [0.4, 0.5) is 0 Å². The number of piperazine rings is 1. The number of benzene rings is 1. The van der Waals surface area contributed by atoms with Gasteiger partial charge < -0.3 is 9.47 Å². The minimum Gasteiger partial charge on any atom is -0.351 e. The van der Waals surface area contributed by atoms with Crippen molar-refractivity contribution in [1.82, 2.24) is 19.9 Å². The molecule has 1 fully saturated rings. The van der Waals surface area contributed by atoms with Crippen LogP contribution in [0.3, 0.4) is 0 Å². The summed E-state index contributed by atoms with van der Waals surface area (Å²) < 4.78 is 2.05. The minimum atomic E-state index is -0.0275. The maximum absolute atomic E-state index is 12.3. The van der Waals surface area contributed by atoms with Crippen LogP contribution in [-0.4, -0.2) is 53.6 Å². The predicted molar refractivity (Wildman–Crippen MR) is 79.5 cm³/mol. The van der Waals surface area contributed by atoms with Crippen molar-refractivity contribution in [3.05, 3.63) is 36.0 Å². The van der Waals surface area contributed by atoms with Crippen molar-refractivity contribution in [1.29, 1.82) is 0 Å². The van der Waals surface area contributed by atoms with E-state index in [1.54, 1.807) is 0 Å². The van der Waals surface area contributed by atoms with Gasteiger partial charge in [-0.15, -0.1) is 0 Å². The number of rotatable bonds is 2. The Morgan fingerprint density at radius 2 is 1.85 bits per heavy atom. The fourth-order valence-corrected chi connectivity index (χ4v) is 2.55. The summed E-state index contributed by atoms with van der Waals surface area (Å²) in [4.78, 5) is 14.5. The van der Waals surface area contributed by atoms with Crippen molar-refractivity contribution in [2.75, 3.05) is 33.2 Å². The van der Waals surface area contributed by atoms with Crippen molar-refractivity contribution in [3.63, 3.8) is 0 Å². The lowest BCUT2D eigenvalue weighted by Gasteiger charge is -2.32. The molecule has 0 bridgehead atoms. The monoisotopic (exact) mass is 272 g/mol. The van der Waals surface area contributed by atoms with Crippen molar-refractivity contribution < 1.29 is 4.79 Å². The van der Waals surface area contributed by atoms with E-state index in [0.29, 0.717) is 5.56 Å². The molecular formula is C15H20N4O. The maximum atomic E-state index is 12.3. The zero-order valence-corrected chi connectivity index (χ0v) is 12.0. The summed E-state index contributed by atoms with van der Waals surface area (Å²) in [5.41, 5.74) is 4.84. The topological polar surface area (TPSA) is 40.5 Å². The Hall–Kier alpha value is -1.85. The number of amides is 1. The lowest BCUT2D eigenvalue weighted by atomic mass is 10.1. The summed E-state index contributed by atoms with van der Waals surface area (Å²) in [5.74, 6) is -0.0275. The molecule has 1 aliphatic rings. The zero-order chi connectivity index (χ0) is 14.1. The van der Waals surface area contributed by atoms with E-state index in [2.05, 4.69) is 21.9 Å². The maximum Gasteiger partial charge on any atom is 0.265 e. The van der Waals surface area contributed by atoms with Crippen LogP contribution in [-0.2, 0) is 7.05 Å². The highest BCUT2D eigenvalue weighted by atomic mass is 16.2. The molecule has 1 saturated heterocycles.